The zero-order valence-corrected chi connectivity index (χ0v) is 14.9. The summed E-state index contributed by atoms with van der Waals surface area (Å²) >= 11 is 0. The highest BCUT2D eigenvalue weighted by molar-refractivity contribution is 7.90. The van der Waals surface area contributed by atoms with Crippen molar-refractivity contribution in [2.75, 3.05) is 43.9 Å². The number of nitro groups is 1. The largest absolute Gasteiger partial charge is 0.362 e. The predicted molar refractivity (Wildman–Crippen MR) is 93.3 cm³/mol. The molecule has 0 spiro atoms. The van der Waals surface area contributed by atoms with Crippen LogP contribution in [0.2, 0.25) is 0 Å². The molecule has 0 saturated carbocycles. The molecule has 2 rings (SSSR count). The number of benzene rings is 1. The molecule has 2 N–H and O–H groups in total. The van der Waals surface area contributed by atoms with Gasteiger partial charge in [-0.25, -0.2) is 8.42 Å². The second kappa shape index (κ2) is 7.79. The van der Waals surface area contributed by atoms with Crippen molar-refractivity contribution in [1.82, 2.24) is 4.90 Å². The maximum atomic E-state index is 12.0. The summed E-state index contributed by atoms with van der Waals surface area (Å²) in [6, 6.07) is 3.92. The maximum Gasteiger partial charge on any atom is 0.293 e. The molecule has 138 valence electrons. The number of amides is 1. The van der Waals surface area contributed by atoms with Crippen LogP contribution >= 0.6 is 0 Å². The Hall–Kier alpha value is -2.20. The van der Waals surface area contributed by atoms with Crippen molar-refractivity contribution in [3.05, 3.63) is 28.3 Å². The molecule has 10 heteroatoms. The molecule has 0 bridgehead atoms. The van der Waals surface area contributed by atoms with Crippen LogP contribution in [0.25, 0.3) is 0 Å². The fourth-order valence-corrected chi connectivity index (χ4v) is 3.40. The van der Waals surface area contributed by atoms with Crippen LogP contribution < -0.4 is 10.6 Å². The lowest BCUT2D eigenvalue weighted by molar-refractivity contribution is -0.384. The van der Waals surface area contributed by atoms with Crippen LogP contribution in [-0.2, 0) is 14.6 Å². The third-order valence-corrected chi connectivity index (χ3v) is 5.25. The number of piperazine rings is 1. The first kappa shape index (κ1) is 19.1. The number of rotatable bonds is 6. The van der Waals surface area contributed by atoms with Crippen molar-refractivity contribution in [2.45, 2.75) is 17.7 Å². The number of nitrogens with zero attached hydrogens (tertiary/aromatic N) is 3. The molecule has 1 fully saturated rings. The van der Waals surface area contributed by atoms with E-state index in [1.54, 1.807) is 9.80 Å². The van der Waals surface area contributed by atoms with Gasteiger partial charge in [-0.3, -0.25) is 14.9 Å². The van der Waals surface area contributed by atoms with E-state index in [1.165, 1.54) is 12.1 Å². The van der Waals surface area contributed by atoms with Crippen molar-refractivity contribution < 1.29 is 18.1 Å². The molecule has 1 heterocycles. The molecule has 0 aliphatic carbocycles. The molecule has 1 aromatic rings. The second-order valence-electron chi connectivity index (χ2n) is 5.94. The zero-order valence-electron chi connectivity index (χ0n) is 14.1. The lowest BCUT2D eigenvalue weighted by Crippen LogP contribution is -2.49. The molecule has 1 amide bonds. The fourth-order valence-electron chi connectivity index (χ4n) is 2.76. The average Bonchev–Trinajstić information content (AvgIpc) is 2.58. The third kappa shape index (κ3) is 4.67. The van der Waals surface area contributed by atoms with Gasteiger partial charge in [-0.1, -0.05) is 0 Å². The summed E-state index contributed by atoms with van der Waals surface area (Å²) < 4.78 is 23.2. The first-order chi connectivity index (χ1) is 11.7. The predicted octanol–water partition coefficient (Wildman–Crippen LogP) is 0.386. The van der Waals surface area contributed by atoms with Crippen molar-refractivity contribution >= 4 is 27.1 Å². The van der Waals surface area contributed by atoms with Gasteiger partial charge >= 0.3 is 0 Å². The Morgan fingerprint density at radius 2 is 1.92 bits per heavy atom. The molecule has 0 radical (unpaired) electrons. The van der Waals surface area contributed by atoms with Gasteiger partial charge in [0.25, 0.3) is 5.69 Å². The van der Waals surface area contributed by atoms with Crippen LogP contribution in [0.15, 0.2) is 23.1 Å². The lowest BCUT2D eigenvalue weighted by atomic mass is 10.2. The summed E-state index contributed by atoms with van der Waals surface area (Å²) in [5.41, 5.74) is 5.53. The summed E-state index contributed by atoms with van der Waals surface area (Å²) in [6.07, 6.45) is 2.05. The Morgan fingerprint density at radius 1 is 1.28 bits per heavy atom. The normalized spacial score (nSPS) is 15.3. The molecule has 1 aliphatic rings. The van der Waals surface area contributed by atoms with Crippen molar-refractivity contribution in [1.29, 1.82) is 0 Å². The van der Waals surface area contributed by atoms with Gasteiger partial charge in [0.15, 0.2) is 9.84 Å². The van der Waals surface area contributed by atoms with Crippen LogP contribution in [-0.4, -0.2) is 63.1 Å². The van der Waals surface area contributed by atoms with Crippen molar-refractivity contribution in [3.8, 4) is 0 Å². The highest BCUT2D eigenvalue weighted by Gasteiger charge is 2.26. The van der Waals surface area contributed by atoms with Crippen LogP contribution in [0.5, 0.6) is 0 Å². The highest BCUT2D eigenvalue weighted by atomic mass is 32.2. The monoisotopic (exact) mass is 370 g/mol. The quantitative estimate of drug-likeness (QED) is 0.566. The number of anilines is 1. The number of sulfone groups is 1. The number of hydrogen-bond acceptors (Lipinski definition) is 7. The fraction of sp³-hybridized carbons (Fsp3) is 0.533. The van der Waals surface area contributed by atoms with Gasteiger partial charge in [0.1, 0.15) is 5.69 Å². The Labute approximate surface area is 146 Å². The molecule has 9 nitrogen and oxygen atoms in total. The summed E-state index contributed by atoms with van der Waals surface area (Å²) in [7, 11) is -3.52. The average molecular weight is 370 g/mol. The van der Waals surface area contributed by atoms with Crippen LogP contribution in [0.1, 0.15) is 12.8 Å². The van der Waals surface area contributed by atoms with E-state index in [0.29, 0.717) is 51.3 Å². The SMILES string of the molecule is CS(=O)(=O)c1ccc(N2CCN(C(=O)CCCN)CC2)c([N+](=O)[O-])c1. The number of carbonyl (C=O) groups excluding carboxylic acids is 1. The second-order valence-corrected chi connectivity index (χ2v) is 7.96. The minimum atomic E-state index is -3.52. The van der Waals surface area contributed by atoms with E-state index in [4.69, 9.17) is 5.73 Å². The minimum absolute atomic E-state index is 0.0343. The van der Waals surface area contributed by atoms with E-state index in [9.17, 15) is 23.3 Å². The van der Waals surface area contributed by atoms with E-state index in [-0.39, 0.29) is 16.5 Å². The van der Waals surface area contributed by atoms with Crippen LogP contribution in [0, 0.1) is 10.1 Å². The van der Waals surface area contributed by atoms with E-state index < -0.39 is 14.8 Å². The van der Waals surface area contributed by atoms with Crippen LogP contribution in [0.4, 0.5) is 11.4 Å². The standard InChI is InChI=1S/C15H22N4O5S/c1-25(23,24)12-4-5-13(14(11-12)19(21)22)17-7-9-18(10-8-17)15(20)3-2-6-16/h4-5,11H,2-3,6-10,16H2,1H3. The van der Waals surface area contributed by atoms with Crippen LogP contribution in [0.3, 0.4) is 0 Å². The first-order valence-corrected chi connectivity index (χ1v) is 9.84. The van der Waals surface area contributed by atoms with Gasteiger partial charge in [-0.05, 0) is 25.1 Å². The lowest BCUT2D eigenvalue weighted by Gasteiger charge is -2.36. The number of hydrogen-bond donors (Lipinski definition) is 1. The molecule has 1 saturated heterocycles. The Balaban J connectivity index is 2.15. The van der Waals surface area contributed by atoms with Gasteiger partial charge in [0.05, 0.1) is 9.82 Å². The smallest absolute Gasteiger partial charge is 0.293 e. The summed E-state index contributed by atoms with van der Waals surface area (Å²) in [6.45, 7) is 2.30. The van der Waals surface area contributed by atoms with E-state index >= 15 is 0 Å². The number of nitro benzene ring substituents is 1. The number of carbonyl (C=O) groups is 1. The van der Waals surface area contributed by atoms with Gasteiger partial charge < -0.3 is 15.5 Å². The summed E-state index contributed by atoms with van der Waals surface area (Å²) in [5.74, 6) is 0.0343. The maximum absolute atomic E-state index is 12.0. The zero-order chi connectivity index (χ0) is 18.6. The Morgan fingerprint density at radius 3 is 2.44 bits per heavy atom. The van der Waals surface area contributed by atoms with Gasteiger partial charge in [-0.2, -0.15) is 0 Å². The van der Waals surface area contributed by atoms with Gasteiger partial charge in [-0.15, -0.1) is 0 Å². The topological polar surface area (TPSA) is 127 Å². The van der Waals surface area contributed by atoms with E-state index in [1.807, 2.05) is 0 Å². The highest BCUT2D eigenvalue weighted by Crippen LogP contribution is 2.31. The van der Waals surface area contributed by atoms with E-state index in [2.05, 4.69) is 0 Å². The molecule has 0 unspecified atom stereocenters. The third-order valence-electron chi connectivity index (χ3n) is 4.14. The molecular weight excluding hydrogens is 348 g/mol. The van der Waals surface area contributed by atoms with E-state index in [0.717, 1.165) is 12.3 Å². The molecule has 25 heavy (non-hydrogen) atoms. The number of nitrogens with two attached hydrogens (primary N) is 1. The first-order valence-electron chi connectivity index (χ1n) is 7.95. The minimum Gasteiger partial charge on any atom is -0.362 e. The molecule has 1 aromatic carbocycles. The van der Waals surface area contributed by atoms with Gasteiger partial charge in [0, 0.05) is 44.9 Å². The van der Waals surface area contributed by atoms with Gasteiger partial charge in [0.2, 0.25) is 5.91 Å². The molecular formula is C15H22N4O5S. The Kier molecular flexibility index (Phi) is 5.96. The molecule has 0 aromatic heterocycles. The van der Waals surface area contributed by atoms with Crippen molar-refractivity contribution in [2.24, 2.45) is 5.73 Å². The Bertz CT molecular complexity index is 757. The summed E-state index contributed by atoms with van der Waals surface area (Å²) in [5, 5.41) is 11.3. The summed E-state index contributed by atoms with van der Waals surface area (Å²) in [4.78, 5) is 26.2. The molecule has 0 atom stereocenters. The molecule has 1 aliphatic heterocycles. The van der Waals surface area contributed by atoms with Crippen molar-refractivity contribution in [3.63, 3.8) is 0 Å².